The van der Waals surface area contributed by atoms with Gasteiger partial charge in [0.15, 0.2) is 0 Å². The van der Waals surface area contributed by atoms with E-state index in [0.29, 0.717) is 5.69 Å². The van der Waals surface area contributed by atoms with Gasteiger partial charge in [-0.1, -0.05) is 0 Å². The summed E-state index contributed by atoms with van der Waals surface area (Å²) in [6.45, 7) is 1.24. The van der Waals surface area contributed by atoms with Gasteiger partial charge in [-0.3, -0.25) is 14.4 Å². The molecular weight excluding hydrogens is 284 g/mol. The average molecular weight is 300 g/mol. The van der Waals surface area contributed by atoms with Crippen molar-refractivity contribution in [1.82, 2.24) is 9.88 Å². The molecule has 0 N–H and O–H groups in total. The zero-order valence-corrected chi connectivity index (χ0v) is 12.4. The number of carbonyl (C=O) groups excluding carboxylic acids is 3. The molecule has 0 aliphatic carbocycles. The maximum absolute atomic E-state index is 12.1. The molecule has 1 amide bonds. The largest absolute Gasteiger partial charge is 0.468 e. The number of nitrogens with zero attached hydrogens (tertiary/aromatic N) is 2. The highest BCUT2D eigenvalue weighted by Gasteiger charge is 2.21. The summed E-state index contributed by atoms with van der Waals surface area (Å²) in [5, 5.41) is 2.61. The van der Waals surface area contributed by atoms with Crippen LogP contribution in [0.2, 0.25) is 0 Å². The number of ether oxygens (including phenoxy) is 2. The van der Waals surface area contributed by atoms with Crippen molar-refractivity contribution in [1.29, 1.82) is 0 Å². The molecule has 0 aromatic carbocycles. The molecule has 1 aromatic heterocycles. The van der Waals surface area contributed by atoms with E-state index in [1.807, 2.05) is 6.92 Å². The summed E-state index contributed by atoms with van der Waals surface area (Å²) in [5.41, 5.74) is 0.609. The zero-order valence-electron chi connectivity index (χ0n) is 11.5. The van der Waals surface area contributed by atoms with Crippen molar-refractivity contribution in [2.75, 3.05) is 27.3 Å². The fourth-order valence-corrected chi connectivity index (χ4v) is 2.04. The fraction of sp³-hybridized carbons (Fsp3) is 0.500. The van der Waals surface area contributed by atoms with Crippen molar-refractivity contribution >= 4 is 29.2 Å². The van der Waals surface area contributed by atoms with Gasteiger partial charge in [0.1, 0.15) is 13.1 Å². The minimum Gasteiger partial charge on any atom is -0.468 e. The van der Waals surface area contributed by atoms with Gasteiger partial charge >= 0.3 is 11.9 Å². The molecule has 0 radical (unpaired) electrons. The van der Waals surface area contributed by atoms with Crippen LogP contribution < -0.4 is 0 Å². The third-order valence-corrected chi connectivity index (χ3v) is 3.27. The molecule has 0 saturated carbocycles. The second-order valence-corrected chi connectivity index (χ2v) is 5.00. The summed E-state index contributed by atoms with van der Waals surface area (Å²) < 4.78 is 9.00. The van der Waals surface area contributed by atoms with Gasteiger partial charge in [-0.2, -0.15) is 0 Å². The van der Waals surface area contributed by atoms with Crippen LogP contribution in [0.25, 0.3) is 0 Å². The summed E-state index contributed by atoms with van der Waals surface area (Å²) in [7, 11) is 2.43. The van der Waals surface area contributed by atoms with Crippen LogP contribution >= 0.6 is 11.3 Å². The molecule has 1 aromatic rings. The van der Waals surface area contributed by atoms with Crippen molar-refractivity contribution in [2.45, 2.75) is 13.3 Å². The van der Waals surface area contributed by atoms with E-state index in [1.54, 1.807) is 5.38 Å². The predicted octanol–water partition coefficient (Wildman–Crippen LogP) is 0.169. The highest BCUT2D eigenvalue weighted by Crippen LogP contribution is 2.09. The molecule has 0 atom stereocenters. The maximum Gasteiger partial charge on any atom is 0.325 e. The van der Waals surface area contributed by atoms with Crippen molar-refractivity contribution in [3.63, 3.8) is 0 Å². The Morgan fingerprint density at radius 2 is 1.75 bits per heavy atom. The van der Waals surface area contributed by atoms with Gasteiger partial charge in [-0.05, 0) is 6.92 Å². The van der Waals surface area contributed by atoms with E-state index in [2.05, 4.69) is 14.5 Å². The second kappa shape index (κ2) is 7.59. The Morgan fingerprint density at radius 1 is 1.20 bits per heavy atom. The SMILES string of the molecule is COC(=O)CN(CC(=O)OC)C(=O)Cc1csc(C)n1. The lowest BCUT2D eigenvalue weighted by molar-refractivity contribution is -0.151. The maximum atomic E-state index is 12.1. The number of carbonyl (C=O) groups is 3. The normalized spacial score (nSPS) is 9.95. The van der Waals surface area contributed by atoms with Gasteiger partial charge in [0.25, 0.3) is 0 Å². The van der Waals surface area contributed by atoms with Crippen LogP contribution in [0.5, 0.6) is 0 Å². The molecule has 0 spiro atoms. The lowest BCUT2D eigenvalue weighted by atomic mass is 10.3. The Bertz CT molecular complexity index is 482. The number of methoxy groups -OCH3 is 2. The van der Waals surface area contributed by atoms with E-state index in [-0.39, 0.29) is 25.4 Å². The molecule has 20 heavy (non-hydrogen) atoms. The molecule has 7 nitrogen and oxygen atoms in total. The molecule has 0 bridgehead atoms. The molecule has 0 aliphatic rings. The van der Waals surface area contributed by atoms with E-state index in [1.165, 1.54) is 25.6 Å². The van der Waals surface area contributed by atoms with Crippen LogP contribution in [-0.4, -0.2) is 55.0 Å². The standard InChI is InChI=1S/C12H16N2O5S/c1-8-13-9(7-20-8)4-10(15)14(5-11(16)18-2)6-12(17)19-3/h7H,4-6H2,1-3H3. The van der Waals surface area contributed by atoms with Crippen molar-refractivity contribution in [3.8, 4) is 0 Å². The second-order valence-electron chi connectivity index (χ2n) is 3.94. The van der Waals surface area contributed by atoms with Gasteiger partial charge < -0.3 is 14.4 Å². The highest BCUT2D eigenvalue weighted by atomic mass is 32.1. The number of rotatable bonds is 6. The molecule has 0 aliphatic heterocycles. The van der Waals surface area contributed by atoms with Gasteiger partial charge in [-0.25, -0.2) is 4.98 Å². The van der Waals surface area contributed by atoms with Crippen LogP contribution in [0.4, 0.5) is 0 Å². The average Bonchev–Trinajstić information content (AvgIpc) is 2.82. The first-order chi connectivity index (χ1) is 9.46. The van der Waals surface area contributed by atoms with E-state index < -0.39 is 11.9 Å². The van der Waals surface area contributed by atoms with Gasteiger partial charge in [0.2, 0.25) is 5.91 Å². The first-order valence-corrected chi connectivity index (χ1v) is 6.66. The Hall–Kier alpha value is -1.96. The topological polar surface area (TPSA) is 85.8 Å². The first kappa shape index (κ1) is 16.1. The lowest BCUT2D eigenvalue weighted by Crippen LogP contribution is -2.41. The van der Waals surface area contributed by atoms with E-state index in [0.717, 1.165) is 9.91 Å². The van der Waals surface area contributed by atoms with Crippen LogP contribution in [0, 0.1) is 6.92 Å². The monoisotopic (exact) mass is 300 g/mol. The van der Waals surface area contributed by atoms with Crippen LogP contribution in [0.3, 0.4) is 0 Å². The summed E-state index contributed by atoms with van der Waals surface area (Å²) in [6, 6.07) is 0. The summed E-state index contributed by atoms with van der Waals surface area (Å²) in [4.78, 5) is 39.9. The minimum absolute atomic E-state index is 0.0261. The van der Waals surface area contributed by atoms with Gasteiger partial charge in [-0.15, -0.1) is 11.3 Å². The van der Waals surface area contributed by atoms with E-state index in [9.17, 15) is 14.4 Å². The van der Waals surface area contributed by atoms with Gasteiger partial charge in [0, 0.05) is 5.38 Å². The van der Waals surface area contributed by atoms with Crippen molar-refractivity contribution < 1.29 is 23.9 Å². The third kappa shape index (κ3) is 4.96. The Labute approximate surface area is 120 Å². The summed E-state index contributed by atoms with van der Waals surface area (Å²) in [5.74, 6) is -1.58. The summed E-state index contributed by atoms with van der Waals surface area (Å²) in [6.07, 6.45) is 0.0261. The Morgan fingerprint density at radius 3 is 2.15 bits per heavy atom. The Kier molecular flexibility index (Phi) is 6.10. The molecule has 110 valence electrons. The number of aryl methyl sites for hydroxylation is 1. The lowest BCUT2D eigenvalue weighted by Gasteiger charge is -2.19. The van der Waals surface area contributed by atoms with Crippen LogP contribution in [0.15, 0.2) is 5.38 Å². The zero-order chi connectivity index (χ0) is 15.1. The smallest absolute Gasteiger partial charge is 0.325 e. The number of thiazole rings is 1. The molecular formula is C12H16N2O5S. The van der Waals surface area contributed by atoms with E-state index >= 15 is 0 Å². The number of amides is 1. The van der Waals surface area contributed by atoms with Crippen molar-refractivity contribution in [2.24, 2.45) is 0 Å². The highest BCUT2D eigenvalue weighted by molar-refractivity contribution is 7.09. The third-order valence-electron chi connectivity index (χ3n) is 2.45. The van der Waals surface area contributed by atoms with Crippen LogP contribution in [-0.2, 0) is 30.3 Å². The Balaban J connectivity index is 2.72. The number of hydrogen-bond acceptors (Lipinski definition) is 7. The molecule has 0 saturated heterocycles. The molecule has 8 heteroatoms. The number of hydrogen-bond donors (Lipinski definition) is 0. The quantitative estimate of drug-likeness (QED) is 0.696. The first-order valence-electron chi connectivity index (χ1n) is 5.78. The molecule has 0 unspecified atom stereocenters. The molecule has 1 heterocycles. The van der Waals surface area contributed by atoms with Crippen molar-refractivity contribution in [3.05, 3.63) is 16.1 Å². The number of esters is 2. The molecule has 1 rings (SSSR count). The van der Waals surface area contributed by atoms with E-state index in [4.69, 9.17) is 0 Å². The molecule has 0 fully saturated rings. The fourth-order valence-electron chi connectivity index (χ4n) is 1.43. The minimum atomic E-state index is -0.600. The summed E-state index contributed by atoms with van der Waals surface area (Å²) >= 11 is 1.43. The number of aromatic nitrogens is 1. The van der Waals surface area contributed by atoms with Crippen LogP contribution in [0.1, 0.15) is 10.7 Å². The van der Waals surface area contributed by atoms with Gasteiger partial charge in [0.05, 0.1) is 31.3 Å². The predicted molar refractivity (Wildman–Crippen MR) is 71.2 cm³/mol.